The van der Waals surface area contributed by atoms with Gasteiger partial charge < -0.3 is 5.84 Å². The van der Waals surface area contributed by atoms with Gasteiger partial charge in [0, 0.05) is 12.8 Å². The number of hydrogen-bond acceptors (Lipinski definition) is 2. The zero-order valence-corrected chi connectivity index (χ0v) is 7.15. The van der Waals surface area contributed by atoms with Gasteiger partial charge in [0.15, 0.2) is 6.21 Å². The first-order valence-electron chi connectivity index (χ1n) is 3.83. The van der Waals surface area contributed by atoms with E-state index in [-0.39, 0.29) is 12.8 Å². The molecular weight excluding hydrogens is 183 g/mol. The molecule has 3 nitrogen and oxygen atoms in total. The molecule has 0 aromatic carbocycles. The molecule has 1 fully saturated rings. The van der Waals surface area contributed by atoms with Crippen LogP contribution in [0.15, 0.2) is 5.10 Å². The maximum absolute atomic E-state index is 12.3. The summed E-state index contributed by atoms with van der Waals surface area (Å²) in [6.07, 6.45) is -2.77. The van der Waals surface area contributed by atoms with Crippen LogP contribution in [0.3, 0.4) is 0 Å². The van der Waals surface area contributed by atoms with E-state index in [1.165, 1.54) is 13.1 Å². The summed E-state index contributed by atoms with van der Waals surface area (Å²) < 4.78 is 36.9. The summed E-state index contributed by atoms with van der Waals surface area (Å²) in [7, 11) is 0. The summed E-state index contributed by atoms with van der Waals surface area (Å²) in [5.74, 6) is 4.87. The van der Waals surface area contributed by atoms with E-state index in [2.05, 4.69) is 10.1 Å². The highest BCUT2D eigenvalue weighted by molar-refractivity contribution is 6.27. The molecule has 13 heavy (non-hydrogen) atoms. The van der Waals surface area contributed by atoms with Crippen LogP contribution in [0.4, 0.5) is 13.2 Å². The minimum Gasteiger partial charge on any atom is -0.323 e. The van der Waals surface area contributed by atoms with Crippen molar-refractivity contribution in [3.63, 3.8) is 0 Å². The molecule has 1 aliphatic carbocycles. The summed E-state index contributed by atoms with van der Waals surface area (Å²) in [4.78, 5) is 2.30. The van der Waals surface area contributed by atoms with Gasteiger partial charge in [-0.15, -0.1) is 0 Å². The second kappa shape index (κ2) is 3.01. The summed E-state index contributed by atoms with van der Waals surface area (Å²) >= 11 is 0. The Morgan fingerprint density at radius 3 is 2.38 bits per heavy atom. The topological polar surface area (TPSA) is 52.3 Å². The average Bonchev–Trinajstić information content (AvgIpc) is 2.79. The van der Waals surface area contributed by atoms with E-state index in [0.29, 0.717) is 5.71 Å². The first kappa shape index (κ1) is 10.0. The summed E-state index contributed by atoms with van der Waals surface area (Å²) in [5, 5.41) is 3.23. The minimum absolute atomic E-state index is 0.116. The molecule has 1 rings (SSSR count). The third-order valence-electron chi connectivity index (χ3n) is 2.05. The number of halogens is 3. The molecule has 3 N–H and O–H groups in total. The van der Waals surface area contributed by atoms with E-state index in [1.54, 1.807) is 0 Å². The van der Waals surface area contributed by atoms with Crippen LogP contribution >= 0.6 is 0 Å². The van der Waals surface area contributed by atoms with Crippen LogP contribution in [0.25, 0.3) is 0 Å². The number of nitrogens with two attached hydrogens (primary N) is 1. The third kappa shape index (κ3) is 1.99. The molecule has 0 unspecified atom stereocenters. The molecule has 0 aromatic rings. The Balaban J connectivity index is 2.69. The molecule has 6 heteroatoms. The van der Waals surface area contributed by atoms with Gasteiger partial charge in [0.25, 0.3) is 5.54 Å². The highest BCUT2D eigenvalue weighted by atomic mass is 19.4. The number of rotatable bonds is 2. The molecule has 1 saturated carbocycles. The number of hydrogen-bond donors (Lipinski definition) is 2. The van der Waals surface area contributed by atoms with Gasteiger partial charge in [0.1, 0.15) is 5.71 Å². The molecule has 0 amide bonds. The second-order valence-corrected chi connectivity index (χ2v) is 3.14. The summed E-state index contributed by atoms with van der Waals surface area (Å²) in [6, 6.07) is 0. The lowest BCUT2D eigenvalue weighted by atomic mass is 10.3. The Kier molecular flexibility index (Phi) is 2.32. The Labute approximate surface area is 73.5 Å². The molecule has 0 bridgehead atoms. The van der Waals surface area contributed by atoms with E-state index in [1.807, 2.05) is 0 Å². The zero-order valence-electron chi connectivity index (χ0n) is 7.15. The van der Waals surface area contributed by atoms with Crippen molar-refractivity contribution in [3.8, 4) is 0 Å². The molecule has 0 spiro atoms. The third-order valence-corrected chi connectivity index (χ3v) is 2.05. The van der Waals surface area contributed by atoms with Crippen LogP contribution in [0.1, 0.15) is 19.8 Å². The molecule has 0 aromatic heterocycles. The molecule has 0 heterocycles. The normalized spacial score (nSPS) is 22.3. The SMILES string of the molecule is CC(C=[NH+]C1(C(F)(F)F)CC1)=NN. The lowest BCUT2D eigenvalue weighted by Crippen LogP contribution is -2.84. The van der Waals surface area contributed by atoms with Crippen LogP contribution in [-0.2, 0) is 0 Å². The van der Waals surface area contributed by atoms with Crippen molar-refractivity contribution >= 4 is 11.9 Å². The highest BCUT2D eigenvalue weighted by Crippen LogP contribution is 2.44. The number of hydrazone groups is 1. The predicted molar refractivity (Wildman–Crippen MR) is 42.3 cm³/mol. The molecule has 0 atom stereocenters. The maximum atomic E-state index is 12.3. The highest BCUT2D eigenvalue weighted by Gasteiger charge is 2.69. The van der Waals surface area contributed by atoms with Gasteiger partial charge >= 0.3 is 6.18 Å². The van der Waals surface area contributed by atoms with Crippen molar-refractivity contribution < 1.29 is 18.2 Å². The van der Waals surface area contributed by atoms with Gasteiger partial charge in [0.2, 0.25) is 0 Å². The maximum Gasteiger partial charge on any atom is 0.454 e. The minimum atomic E-state index is -4.20. The number of nitrogens with one attached hydrogen (secondary N) is 1. The Morgan fingerprint density at radius 1 is 1.54 bits per heavy atom. The smallest absolute Gasteiger partial charge is 0.323 e. The fraction of sp³-hybridized carbons (Fsp3) is 0.714. The largest absolute Gasteiger partial charge is 0.454 e. The van der Waals surface area contributed by atoms with Gasteiger partial charge in [0.05, 0.1) is 0 Å². The fourth-order valence-electron chi connectivity index (χ4n) is 0.915. The molecule has 0 radical (unpaired) electrons. The van der Waals surface area contributed by atoms with E-state index in [4.69, 9.17) is 5.84 Å². The second-order valence-electron chi connectivity index (χ2n) is 3.14. The van der Waals surface area contributed by atoms with E-state index < -0.39 is 11.7 Å². The van der Waals surface area contributed by atoms with Crippen molar-refractivity contribution in [2.24, 2.45) is 10.9 Å². The molecule has 0 aliphatic heterocycles. The standard InChI is InChI=1S/C7H10F3N3/c1-5(13-11)4-12-6(2-3-6)7(8,9)10/h4H,2-3,11H2,1H3/p+1. The van der Waals surface area contributed by atoms with E-state index in [0.717, 1.165) is 0 Å². The summed E-state index contributed by atoms with van der Waals surface area (Å²) in [5.41, 5.74) is -1.38. The Morgan fingerprint density at radius 2 is 2.08 bits per heavy atom. The van der Waals surface area contributed by atoms with Crippen molar-refractivity contribution in [2.75, 3.05) is 0 Å². The van der Waals surface area contributed by atoms with E-state index >= 15 is 0 Å². The fourth-order valence-corrected chi connectivity index (χ4v) is 0.915. The molecule has 74 valence electrons. The Hall–Kier alpha value is -1.07. The van der Waals surface area contributed by atoms with Crippen LogP contribution in [0.2, 0.25) is 0 Å². The first-order valence-corrected chi connectivity index (χ1v) is 3.83. The molecular formula is C7H11F3N3+. The van der Waals surface area contributed by atoms with Gasteiger partial charge in [-0.2, -0.15) is 18.3 Å². The average molecular weight is 194 g/mol. The quantitative estimate of drug-likeness (QED) is 0.350. The van der Waals surface area contributed by atoms with Gasteiger partial charge in [-0.05, 0) is 6.92 Å². The van der Waals surface area contributed by atoms with E-state index in [9.17, 15) is 13.2 Å². The zero-order chi connectivity index (χ0) is 10.1. The molecule has 1 aliphatic rings. The van der Waals surface area contributed by atoms with Crippen molar-refractivity contribution in [3.05, 3.63) is 0 Å². The monoisotopic (exact) mass is 194 g/mol. The van der Waals surface area contributed by atoms with Crippen LogP contribution in [-0.4, -0.2) is 23.6 Å². The summed E-state index contributed by atoms with van der Waals surface area (Å²) in [6.45, 7) is 1.53. The Bertz CT molecular complexity index is 250. The van der Waals surface area contributed by atoms with Gasteiger partial charge in [-0.25, -0.2) is 4.99 Å². The number of nitrogens with zero attached hydrogens (tertiary/aromatic N) is 1. The van der Waals surface area contributed by atoms with Crippen LogP contribution in [0.5, 0.6) is 0 Å². The van der Waals surface area contributed by atoms with Crippen molar-refractivity contribution in [2.45, 2.75) is 31.5 Å². The van der Waals surface area contributed by atoms with Crippen LogP contribution in [0, 0.1) is 0 Å². The molecule has 0 saturated heterocycles. The lowest BCUT2D eigenvalue weighted by Gasteiger charge is -2.08. The van der Waals surface area contributed by atoms with Gasteiger partial charge in [-0.3, -0.25) is 0 Å². The first-order chi connectivity index (χ1) is 5.91. The van der Waals surface area contributed by atoms with Gasteiger partial charge in [-0.1, -0.05) is 0 Å². The predicted octanol–water partition coefficient (Wildman–Crippen LogP) is -0.433. The van der Waals surface area contributed by atoms with Crippen molar-refractivity contribution in [1.82, 2.24) is 0 Å². The van der Waals surface area contributed by atoms with Crippen molar-refractivity contribution in [1.29, 1.82) is 0 Å². The lowest BCUT2D eigenvalue weighted by molar-refractivity contribution is -0.561. The number of alkyl halides is 3. The van der Waals surface area contributed by atoms with Crippen LogP contribution < -0.4 is 10.8 Å².